The Hall–Kier alpha value is -1.68. The Morgan fingerprint density at radius 2 is 1.50 bits per heavy atom. The van der Waals surface area contributed by atoms with E-state index in [2.05, 4.69) is 29.2 Å². The van der Waals surface area contributed by atoms with Crippen LogP contribution in [-0.4, -0.2) is 42.4 Å². The van der Waals surface area contributed by atoms with Crippen molar-refractivity contribution < 1.29 is 9.84 Å². The summed E-state index contributed by atoms with van der Waals surface area (Å²) in [5.74, 6) is 0.134. The van der Waals surface area contributed by atoms with E-state index in [0.717, 1.165) is 31.9 Å². The molecule has 0 spiro atoms. The molecule has 22 heavy (non-hydrogen) atoms. The van der Waals surface area contributed by atoms with Crippen LogP contribution >= 0.6 is 0 Å². The molecular formula is C19H21NO2. The average molecular weight is 295 g/mol. The van der Waals surface area contributed by atoms with Gasteiger partial charge in [0, 0.05) is 19.0 Å². The smallest absolute Gasteiger partial charge is 0.114 e. The van der Waals surface area contributed by atoms with Gasteiger partial charge >= 0.3 is 0 Å². The van der Waals surface area contributed by atoms with Gasteiger partial charge in [-0.2, -0.15) is 0 Å². The van der Waals surface area contributed by atoms with Crippen molar-refractivity contribution in [3.8, 4) is 0 Å². The van der Waals surface area contributed by atoms with E-state index < -0.39 is 5.60 Å². The molecule has 0 radical (unpaired) electrons. The van der Waals surface area contributed by atoms with E-state index in [9.17, 15) is 5.11 Å². The van der Waals surface area contributed by atoms with Crippen molar-refractivity contribution in [3.63, 3.8) is 0 Å². The molecule has 1 N–H and O–H groups in total. The number of rotatable bonds is 3. The lowest BCUT2D eigenvalue weighted by atomic mass is 10.0. The lowest BCUT2D eigenvalue weighted by molar-refractivity contribution is 0.0127. The van der Waals surface area contributed by atoms with Crippen molar-refractivity contribution in [2.24, 2.45) is 0 Å². The summed E-state index contributed by atoms with van der Waals surface area (Å²) in [6, 6.07) is 20.6. The first-order valence-corrected chi connectivity index (χ1v) is 7.96. The highest BCUT2D eigenvalue weighted by molar-refractivity contribution is 5.45. The number of aliphatic hydroxyl groups is 1. The van der Waals surface area contributed by atoms with E-state index in [1.54, 1.807) is 0 Å². The van der Waals surface area contributed by atoms with Crippen molar-refractivity contribution >= 4 is 0 Å². The maximum Gasteiger partial charge on any atom is 0.114 e. The van der Waals surface area contributed by atoms with Gasteiger partial charge in [0.1, 0.15) is 5.60 Å². The highest BCUT2D eigenvalue weighted by Gasteiger charge is 2.67. The van der Waals surface area contributed by atoms with Crippen molar-refractivity contribution in [3.05, 3.63) is 71.8 Å². The fourth-order valence-electron chi connectivity index (χ4n) is 3.85. The molecule has 0 unspecified atom stereocenters. The van der Waals surface area contributed by atoms with Gasteiger partial charge in [-0.1, -0.05) is 60.7 Å². The second-order valence-corrected chi connectivity index (χ2v) is 6.17. The van der Waals surface area contributed by atoms with Crippen molar-refractivity contribution in [1.82, 2.24) is 4.90 Å². The van der Waals surface area contributed by atoms with Crippen molar-refractivity contribution in [2.75, 3.05) is 26.3 Å². The molecule has 2 fully saturated rings. The predicted molar refractivity (Wildman–Crippen MR) is 85.7 cm³/mol. The fraction of sp³-hybridized carbons (Fsp3) is 0.368. The maximum atomic E-state index is 11.4. The number of morpholine rings is 1. The number of nitrogens with zero attached hydrogens (tertiary/aromatic N) is 1. The predicted octanol–water partition coefficient (Wildman–Crippen LogP) is 2.37. The molecule has 3 heteroatoms. The van der Waals surface area contributed by atoms with Crippen LogP contribution in [0.4, 0.5) is 0 Å². The molecular weight excluding hydrogens is 274 g/mol. The highest BCUT2D eigenvalue weighted by atomic mass is 16.5. The summed E-state index contributed by atoms with van der Waals surface area (Å²) in [6.45, 7) is 3.29. The Kier molecular flexibility index (Phi) is 3.49. The fourth-order valence-corrected chi connectivity index (χ4v) is 3.85. The summed E-state index contributed by atoms with van der Waals surface area (Å²) in [5.41, 5.74) is 1.44. The SMILES string of the molecule is O[C@]1(c2ccccc2)[C@@H](N2CCOCC2)[C@@H]1c1ccccc1. The zero-order valence-electron chi connectivity index (χ0n) is 12.6. The minimum absolute atomic E-state index is 0.134. The van der Waals surface area contributed by atoms with Gasteiger partial charge in [0.25, 0.3) is 0 Å². The molecule has 1 aliphatic heterocycles. The summed E-state index contributed by atoms with van der Waals surface area (Å²) in [7, 11) is 0. The highest BCUT2D eigenvalue weighted by Crippen LogP contribution is 2.61. The van der Waals surface area contributed by atoms with E-state index in [0.29, 0.717) is 0 Å². The van der Waals surface area contributed by atoms with Crippen LogP contribution in [0.25, 0.3) is 0 Å². The zero-order valence-corrected chi connectivity index (χ0v) is 12.6. The minimum atomic E-state index is -0.792. The van der Waals surface area contributed by atoms with Gasteiger partial charge in [0.05, 0.1) is 19.3 Å². The molecule has 1 heterocycles. The molecule has 2 aromatic rings. The van der Waals surface area contributed by atoms with Crippen LogP contribution in [0.2, 0.25) is 0 Å². The minimum Gasteiger partial charge on any atom is -0.383 e. The molecule has 4 rings (SSSR count). The molecule has 3 nitrogen and oxygen atoms in total. The maximum absolute atomic E-state index is 11.4. The van der Waals surface area contributed by atoms with Crippen LogP contribution in [-0.2, 0) is 10.3 Å². The summed E-state index contributed by atoms with van der Waals surface area (Å²) in [4.78, 5) is 2.38. The van der Waals surface area contributed by atoms with E-state index >= 15 is 0 Å². The molecule has 1 saturated carbocycles. The molecule has 3 atom stereocenters. The Labute approximate surface area is 131 Å². The van der Waals surface area contributed by atoms with Gasteiger partial charge in [-0.05, 0) is 11.1 Å². The van der Waals surface area contributed by atoms with Crippen LogP contribution in [0, 0.1) is 0 Å². The third-order valence-electron chi connectivity index (χ3n) is 4.97. The van der Waals surface area contributed by atoms with Crippen LogP contribution in [0.3, 0.4) is 0 Å². The molecule has 2 aliphatic rings. The van der Waals surface area contributed by atoms with E-state index in [4.69, 9.17) is 4.74 Å². The molecule has 2 aromatic carbocycles. The van der Waals surface area contributed by atoms with E-state index in [-0.39, 0.29) is 12.0 Å². The van der Waals surface area contributed by atoms with Crippen molar-refractivity contribution in [2.45, 2.75) is 17.6 Å². The second kappa shape index (κ2) is 5.51. The summed E-state index contributed by atoms with van der Waals surface area (Å²) >= 11 is 0. The first-order valence-electron chi connectivity index (χ1n) is 7.96. The molecule has 0 amide bonds. The van der Waals surface area contributed by atoms with Gasteiger partial charge in [0.2, 0.25) is 0 Å². The number of hydrogen-bond donors (Lipinski definition) is 1. The van der Waals surface area contributed by atoms with Gasteiger partial charge in [-0.3, -0.25) is 4.90 Å². The quantitative estimate of drug-likeness (QED) is 0.943. The Morgan fingerprint density at radius 3 is 2.14 bits per heavy atom. The first-order chi connectivity index (χ1) is 10.8. The molecule has 0 aromatic heterocycles. The molecule has 1 aliphatic carbocycles. The Balaban J connectivity index is 1.71. The standard InChI is InChI=1S/C19H21NO2/c21-19(16-9-5-2-6-10-16)17(15-7-3-1-4-8-15)18(19)20-11-13-22-14-12-20/h1-10,17-18,21H,11-14H2/t17-,18-,19-/m0/s1. The van der Waals surface area contributed by atoms with E-state index in [1.807, 2.05) is 36.4 Å². The van der Waals surface area contributed by atoms with E-state index in [1.165, 1.54) is 5.56 Å². The summed E-state index contributed by atoms with van der Waals surface area (Å²) in [6.07, 6.45) is 0. The normalized spacial score (nSPS) is 31.9. The Morgan fingerprint density at radius 1 is 0.909 bits per heavy atom. The third-order valence-corrected chi connectivity index (χ3v) is 4.97. The van der Waals surface area contributed by atoms with Crippen LogP contribution in [0.5, 0.6) is 0 Å². The number of benzene rings is 2. The first kappa shape index (κ1) is 13.9. The average Bonchev–Trinajstić information content (AvgIpc) is 3.24. The summed E-state index contributed by atoms with van der Waals surface area (Å²) < 4.78 is 5.47. The number of ether oxygens (including phenoxy) is 1. The monoisotopic (exact) mass is 295 g/mol. The Bertz CT molecular complexity index is 624. The van der Waals surface area contributed by atoms with Crippen LogP contribution in [0.1, 0.15) is 17.0 Å². The van der Waals surface area contributed by atoms with Crippen LogP contribution in [0.15, 0.2) is 60.7 Å². The lowest BCUT2D eigenvalue weighted by Crippen LogP contribution is -2.40. The molecule has 0 bridgehead atoms. The number of hydrogen-bond acceptors (Lipinski definition) is 3. The van der Waals surface area contributed by atoms with Crippen molar-refractivity contribution in [1.29, 1.82) is 0 Å². The molecule has 114 valence electrons. The van der Waals surface area contributed by atoms with Gasteiger partial charge in [-0.25, -0.2) is 0 Å². The van der Waals surface area contributed by atoms with Gasteiger partial charge in [0.15, 0.2) is 0 Å². The topological polar surface area (TPSA) is 32.7 Å². The van der Waals surface area contributed by atoms with Crippen LogP contribution < -0.4 is 0 Å². The molecule has 1 saturated heterocycles. The third kappa shape index (κ3) is 2.17. The van der Waals surface area contributed by atoms with Gasteiger partial charge in [-0.15, -0.1) is 0 Å². The second-order valence-electron chi connectivity index (χ2n) is 6.17. The lowest BCUT2D eigenvalue weighted by Gasteiger charge is -2.28. The summed E-state index contributed by atoms with van der Waals surface area (Å²) in [5, 5.41) is 11.4. The zero-order chi connectivity index (χ0) is 15.0. The largest absolute Gasteiger partial charge is 0.383 e. The van der Waals surface area contributed by atoms with Gasteiger partial charge < -0.3 is 9.84 Å².